The number of rotatable bonds is 2. The Balaban J connectivity index is 2.04. The summed E-state index contributed by atoms with van der Waals surface area (Å²) in [5, 5.41) is 5.33. The van der Waals surface area contributed by atoms with Crippen LogP contribution in [0.1, 0.15) is 43.2 Å². The number of carbonyl (C=O) groups excluding carboxylic acids is 2. The Bertz CT molecular complexity index is 583. The number of aromatic nitrogens is 2. The summed E-state index contributed by atoms with van der Waals surface area (Å²) in [4.78, 5) is 34.3. The topological polar surface area (TPSA) is 87.2 Å². The van der Waals surface area contributed by atoms with Crippen LogP contribution in [-0.4, -0.2) is 40.9 Å². The van der Waals surface area contributed by atoms with E-state index in [0.717, 1.165) is 25.7 Å². The van der Waals surface area contributed by atoms with Crippen molar-refractivity contribution in [2.45, 2.75) is 44.7 Å². The first kappa shape index (κ1) is 13.8. The van der Waals surface area contributed by atoms with Gasteiger partial charge in [-0.05, 0) is 19.8 Å². The number of amides is 2. The van der Waals surface area contributed by atoms with Gasteiger partial charge >= 0.3 is 0 Å². The second kappa shape index (κ2) is 5.31. The van der Waals surface area contributed by atoms with Crippen LogP contribution in [0.15, 0.2) is 6.20 Å². The molecule has 7 nitrogen and oxygen atoms in total. The van der Waals surface area contributed by atoms with Crippen LogP contribution in [0.25, 0.3) is 0 Å². The molecular formula is C14H19N5O2. The molecule has 2 N–H and O–H groups in total. The number of carbonyl (C=O) groups is 2. The predicted molar refractivity (Wildman–Crippen MR) is 78.2 cm³/mol. The summed E-state index contributed by atoms with van der Waals surface area (Å²) in [6.07, 6.45) is 5.95. The lowest BCUT2D eigenvalue weighted by Crippen LogP contribution is -2.51. The molecule has 1 fully saturated rings. The van der Waals surface area contributed by atoms with Crippen LogP contribution in [0, 0.1) is 0 Å². The molecule has 112 valence electrons. The molecule has 3 rings (SSSR count). The fraction of sp³-hybridized carbons (Fsp3) is 0.571. The molecule has 1 aromatic heterocycles. The van der Waals surface area contributed by atoms with E-state index in [9.17, 15) is 9.59 Å². The first-order valence-corrected chi connectivity index (χ1v) is 7.30. The average molecular weight is 289 g/mol. The van der Waals surface area contributed by atoms with Crippen LogP contribution in [0.4, 0.5) is 11.5 Å². The number of hydrogen-bond acceptors (Lipinski definition) is 5. The van der Waals surface area contributed by atoms with Crippen LogP contribution < -0.4 is 15.5 Å². The predicted octanol–water partition coefficient (Wildman–Crippen LogP) is 0.926. The summed E-state index contributed by atoms with van der Waals surface area (Å²) in [6, 6.07) is 0.0188. The molecule has 0 aromatic carbocycles. The molecule has 0 saturated heterocycles. The third kappa shape index (κ3) is 2.32. The molecular weight excluding hydrogens is 270 g/mol. The second-order valence-corrected chi connectivity index (χ2v) is 5.52. The van der Waals surface area contributed by atoms with Crippen LogP contribution in [0.3, 0.4) is 0 Å². The van der Waals surface area contributed by atoms with Crippen molar-refractivity contribution in [3.05, 3.63) is 12.0 Å². The molecule has 0 radical (unpaired) electrons. The van der Waals surface area contributed by atoms with Crippen LogP contribution in [0.5, 0.6) is 0 Å². The van der Waals surface area contributed by atoms with Crippen LogP contribution >= 0.6 is 0 Å². The van der Waals surface area contributed by atoms with Gasteiger partial charge in [-0.1, -0.05) is 12.8 Å². The second-order valence-electron chi connectivity index (χ2n) is 5.52. The Morgan fingerprint density at radius 2 is 2.14 bits per heavy atom. The first-order chi connectivity index (χ1) is 10.1. The summed E-state index contributed by atoms with van der Waals surface area (Å²) < 4.78 is 0. The van der Waals surface area contributed by atoms with Crippen molar-refractivity contribution >= 4 is 23.3 Å². The van der Waals surface area contributed by atoms with Gasteiger partial charge in [-0.25, -0.2) is 9.97 Å². The van der Waals surface area contributed by atoms with Crippen molar-refractivity contribution in [1.82, 2.24) is 15.3 Å². The number of anilines is 2. The highest BCUT2D eigenvalue weighted by molar-refractivity contribution is 6.03. The van der Waals surface area contributed by atoms with E-state index in [1.165, 1.54) is 6.20 Å². The third-order valence-corrected chi connectivity index (χ3v) is 4.22. The smallest absolute Gasteiger partial charge is 0.288 e. The minimum Gasteiger partial charge on any atom is -0.352 e. The van der Waals surface area contributed by atoms with Crippen molar-refractivity contribution < 1.29 is 9.59 Å². The Labute approximate surface area is 123 Å². The maximum atomic E-state index is 12.1. The lowest BCUT2D eigenvalue weighted by molar-refractivity contribution is -0.117. The molecule has 7 heteroatoms. The Hall–Kier alpha value is -2.18. The molecule has 0 bridgehead atoms. The molecule has 2 aliphatic rings. The number of nitrogens with zero attached hydrogens (tertiary/aromatic N) is 3. The minimum absolute atomic E-state index is 0.0503. The number of nitrogens with one attached hydrogen (secondary N) is 2. The summed E-state index contributed by atoms with van der Waals surface area (Å²) in [5.74, 6) is 0.407. The molecule has 1 unspecified atom stereocenters. The van der Waals surface area contributed by atoms with E-state index in [2.05, 4.69) is 25.5 Å². The van der Waals surface area contributed by atoms with Gasteiger partial charge in [0.05, 0.1) is 6.20 Å². The average Bonchev–Trinajstić information content (AvgIpc) is 3.01. The molecule has 1 atom stereocenters. The van der Waals surface area contributed by atoms with Gasteiger partial charge in [0.1, 0.15) is 11.7 Å². The van der Waals surface area contributed by atoms with E-state index in [1.807, 2.05) is 6.92 Å². The van der Waals surface area contributed by atoms with E-state index in [4.69, 9.17) is 0 Å². The molecule has 0 spiro atoms. The Kier molecular flexibility index (Phi) is 3.48. The highest BCUT2D eigenvalue weighted by Crippen LogP contribution is 2.36. The Morgan fingerprint density at radius 1 is 1.43 bits per heavy atom. The van der Waals surface area contributed by atoms with Crippen molar-refractivity contribution in [3.63, 3.8) is 0 Å². The summed E-state index contributed by atoms with van der Waals surface area (Å²) >= 11 is 0. The quantitative estimate of drug-likeness (QED) is 0.845. The van der Waals surface area contributed by atoms with E-state index in [0.29, 0.717) is 17.5 Å². The largest absolute Gasteiger partial charge is 0.352 e. The number of fused-ring (bicyclic) bond motifs is 1. The molecule has 2 heterocycles. The molecule has 1 aliphatic carbocycles. The lowest BCUT2D eigenvalue weighted by atomic mass is 10.1. The van der Waals surface area contributed by atoms with Crippen molar-refractivity contribution in [2.75, 3.05) is 17.3 Å². The van der Waals surface area contributed by atoms with Crippen molar-refractivity contribution in [2.24, 2.45) is 0 Å². The minimum atomic E-state index is -0.325. The normalized spacial score (nSPS) is 21.9. The maximum Gasteiger partial charge on any atom is 0.288 e. The van der Waals surface area contributed by atoms with Gasteiger partial charge in [0.2, 0.25) is 11.7 Å². The molecule has 2 amide bonds. The lowest BCUT2D eigenvalue weighted by Gasteiger charge is -2.39. The zero-order valence-corrected chi connectivity index (χ0v) is 12.2. The molecule has 1 aliphatic heterocycles. The first-order valence-electron chi connectivity index (χ1n) is 7.30. The Morgan fingerprint density at radius 3 is 2.81 bits per heavy atom. The number of hydrogen-bond donors (Lipinski definition) is 2. The molecule has 21 heavy (non-hydrogen) atoms. The SMILES string of the molecule is CNC(=O)c1ncc2c(n1)N(C1CCCC1)C(C)C(=O)N2. The standard InChI is InChI=1S/C14H19N5O2/c1-8-13(20)17-10-7-16-11(14(21)15-2)18-12(10)19(8)9-5-3-4-6-9/h7-9H,3-6H2,1-2H3,(H,15,21)(H,17,20). The zero-order chi connectivity index (χ0) is 15.0. The third-order valence-electron chi connectivity index (χ3n) is 4.22. The monoisotopic (exact) mass is 289 g/mol. The maximum absolute atomic E-state index is 12.1. The van der Waals surface area contributed by atoms with Gasteiger partial charge in [-0.15, -0.1) is 0 Å². The van der Waals surface area contributed by atoms with Gasteiger partial charge in [0.15, 0.2) is 5.82 Å². The summed E-state index contributed by atoms with van der Waals surface area (Å²) in [6.45, 7) is 1.87. The summed E-state index contributed by atoms with van der Waals surface area (Å²) in [5.41, 5.74) is 0.581. The fourth-order valence-corrected chi connectivity index (χ4v) is 3.10. The van der Waals surface area contributed by atoms with Crippen LogP contribution in [-0.2, 0) is 4.79 Å². The van der Waals surface area contributed by atoms with E-state index in [1.54, 1.807) is 7.05 Å². The fourth-order valence-electron chi connectivity index (χ4n) is 3.10. The van der Waals surface area contributed by atoms with E-state index in [-0.39, 0.29) is 23.7 Å². The van der Waals surface area contributed by atoms with Crippen molar-refractivity contribution in [3.8, 4) is 0 Å². The highest BCUT2D eigenvalue weighted by Gasteiger charge is 2.37. The van der Waals surface area contributed by atoms with Gasteiger partial charge in [0, 0.05) is 13.1 Å². The molecule has 1 aromatic rings. The van der Waals surface area contributed by atoms with Gasteiger partial charge in [-0.3, -0.25) is 9.59 Å². The van der Waals surface area contributed by atoms with Gasteiger partial charge < -0.3 is 15.5 Å². The summed E-state index contributed by atoms with van der Waals surface area (Å²) in [7, 11) is 1.55. The van der Waals surface area contributed by atoms with Gasteiger partial charge in [0.25, 0.3) is 5.91 Å². The molecule has 1 saturated carbocycles. The zero-order valence-electron chi connectivity index (χ0n) is 12.2. The van der Waals surface area contributed by atoms with Crippen LogP contribution in [0.2, 0.25) is 0 Å². The van der Waals surface area contributed by atoms with E-state index >= 15 is 0 Å². The van der Waals surface area contributed by atoms with Crippen molar-refractivity contribution in [1.29, 1.82) is 0 Å². The van der Waals surface area contributed by atoms with E-state index < -0.39 is 0 Å². The van der Waals surface area contributed by atoms with Gasteiger partial charge in [-0.2, -0.15) is 0 Å². The highest BCUT2D eigenvalue weighted by atomic mass is 16.2.